The average molecular weight is 261 g/mol. The maximum atomic E-state index is 12.2. The molecule has 5 nitrogen and oxygen atoms in total. The fourth-order valence-electron chi connectivity index (χ4n) is 2.00. The van der Waals surface area contributed by atoms with Gasteiger partial charge in [0, 0.05) is 6.42 Å². The number of likely N-dealkylation sites (N-methyl/N-ethyl adjacent to an activating group) is 1. The number of carbonyl (C=O) groups excluding carboxylic acids is 1. The molecule has 0 amide bonds. The van der Waals surface area contributed by atoms with E-state index in [1.165, 1.54) is 0 Å². The lowest BCUT2D eigenvalue weighted by atomic mass is 9.96. The fourth-order valence-corrected chi connectivity index (χ4v) is 2.00. The largest absolute Gasteiger partial charge is 0.481 e. The molecule has 0 saturated heterocycles. The minimum Gasteiger partial charge on any atom is -0.481 e. The Morgan fingerprint density at radius 3 is 2.22 bits per heavy atom. The van der Waals surface area contributed by atoms with Gasteiger partial charge in [-0.2, -0.15) is 0 Å². The summed E-state index contributed by atoms with van der Waals surface area (Å²) < 4.78 is 7.86. The van der Waals surface area contributed by atoms with Gasteiger partial charge in [0.2, 0.25) is 0 Å². The second-order valence-electron chi connectivity index (χ2n) is 5.50. The first-order valence-electron chi connectivity index (χ1n) is 6.80. The van der Waals surface area contributed by atoms with Crippen LogP contribution in [-0.2, 0) is 9.59 Å². The highest BCUT2D eigenvalue weighted by atomic mass is 16.4. The predicted molar refractivity (Wildman–Crippen MR) is 69.2 cm³/mol. The summed E-state index contributed by atoms with van der Waals surface area (Å²) >= 11 is 0. The SMILES string of the molecule is [2H]C(O)(CC(=O)O)C(C(=O)CCCCC)[N+](C)(C)C. The number of carboxylic acid groups (broad SMARTS) is 1. The van der Waals surface area contributed by atoms with Crippen molar-refractivity contribution >= 4 is 11.8 Å². The quantitative estimate of drug-likeness (QED) is 0.480. The van der Waals surface area contributed by atoms with Crippen LogP contribution < -0.4 is 0 Å². The number of hydrogen-bond acceptors (Lipinski definition) is 3. The monoisotopic (exact) mass is 261 g/mol. The molecule has 2 N–H and O–H groups in total. The third-order valence-corrected chi connectivity index (χ3v) is 2.75. The van der Waals surface area contributed by atoms with Crippen molar-refractivity contribution in [2.24, 2.45) is 0 Å². The maximum Gasteiger partial charge on any atom is 0.306 e. The first kappa shape index (κ1) is 15.1. The van der Waals surface area contributed by atoms with E-state index in [1.54, 1.807) is 21.1 Å². The molecule has 106 valence electrons. The summed E-state index contributed by atoms with van der Waals surface area (Å²) in [6, 6.07) is -1.06. The van der Waals surface area contributed by atoms with Crippen molar-refractivity contribution < 1.29 is 25.7 Å². The van der Waals surface area contributed by atoms with Gasteiger partial charge in [-0.15, -0.1) is 0 Å². The van der Waals surface area contributed by atoms with Gasteiger partial charge < -0.3 is 14.7 Å². The number of carboxylic acids is 1. The van der Waals surface area contributed by atoms with Crippen LogP contribution in [0.15, 0.2) is 0 Å². The number of carbonyl (C=O) groups is 2. The molecule has 2 atom stereocenters. The molecule has 18 heavy (non-hydrogen) atoms. The van der Waals surface area contributed by atoms with Crippen molar-refractivity contribution in [3.8, 4) is 0 Å². The van der Waals surface area contributed by atoms with Gasteiger partial charge in [0.15, 0.2) is 11.8 Å². The predicted octanol–water partition coefficient (Wildman–Crippen LogP) is 1.05. The van der Waals surface area contributed by atoms with Crippen LogP contribution in [0.1, 0.15) is 40.4 Å². The molecule has 5 heteroatoms. The third kappa shape index (κ3) is 6.12. The second kappa shape index (κ2) is 7.48. The van der Waals surface area contributed by atoms with Crippen molar-refractivity contribution in [2.45, 2.75) is 51.1 Å². The molecule has 0 aliphatic carbocycles. The number of Topliss-reactive ketones (excluding diaryl/α,β-unsaturated/α-hetero) is 1. The highest BCUT2D eigenvalue weighted by molar-refractivity contribution is 5.84. The Morgan fingerprint density at radius 1 is 1.28 bits per heavy atom. The average Bonchev–Trinajstić information content (AvgIpc) is 2.12. The lowest BCUT2D eigenvalue weighted by molar-refractivity contribution is -0.890. The molecule has 0 aliphatic heterocycles. The van der Waals surface area contributed by atoms with E-state index in [2.05, 4.69) is 0 Å². The molecule has 0 aliphatic rings. The topological polar surface area (TPSA) is 74.6 Å². The molecule has 0 fully saturated rings. The normalized spacial score (nSPS) is 17.7. The van der Waals surface area contributed by atoms with Crippen LogP contribution in [0.2, 0.25) is 0 Å². The van der Waals surface area contributed by atoms with Gasteiger partial charge in [-0.3, -0.25) is 9.59 Å². The van der Waals surface area contributed by atoms with Gasteiger partial charge in [0.1, 0.15) is 6.08 Å². The van der Waals surface area contributed by atoms with Gasteiger partial charge in [-0.25, -0.2) is 0 Å². The summed E-state index contributed by atoms with van der Waals surface area (Å²) in [5.74, 6) is -1.53. The Hall–Kier alpha value is -0.940. The lowest BCUT2D eigenvalue weighted by Crippen LogP contribution is -2.56. The van der Waals surface area contributed by atoms with Crippen molar-refractivity contribution in [1.29, 1.82) is 0 Å². The number of quaternary nitrogens is 1. The minimum absolute atomic E-state index is 0.0399. The van der Waals surface area contributed by atoms with E-state index >= 15 is 0 Å². The zero-order valence-corrected chi connectivity index (χ0v) is 11.8. The summed E-state index contributed by atoms with van der Waals surface area (Å²) in [5, 5.41) is 18.8. The van der Waals surface area contributed by atoms with Crippen LogP contribution in [0.3, 0.4) is 0 Å². The summed E-state index contributed by atoms with van der Waals surface area (Å²) in [7, 11) is 5.05. The van der Waals surface area contributed by atoms with E-state index in [4.69, 9.17) is 6.48 Å². The van der Waals surface area contributed by atoms with Gasteiger partial charge in [-0.1, -0.05) is 19.8 Å². The van der Waals surface area contributed by atoms with E-state index in [0.29, 0.717) is 6.42 Å². The van der Waals surface area contributed by atoms with E-state index in [0.717, 1.165) is 12.8 Å². The molecule has 0 heterocycles. The Bertz CT molecular complexity index is 323. The molecule has 0 bridgehead atoms. The van der Waals surface area contributed by atoms with Crippen molar-refractivity contribution in [3.05, 3.63) is 0 Å². The van der Waals surface area contributed by atoms with Crippen LogP contribution in [-0.4, -0.2) is 59.7 Å². The zero-order chi connectivity index (χ0) is 15.3. The molecule has 0 aromatic heterocycles. The van der Waals surface area contributed by atoms with Crippen molar-refractivity contribution in [1.82, 2.24) is 0 Å². The highest BCUT2D eigenvalue weighted by Crippen LogP contribution is 2.16. The Kier molecular flexibility index (Phi) is 6.29. The molecule has 0 saturated carbocycles. The Morgan fingerprint density at radius 2 is 1.83 bits per heavy atom. The number of rotatable bonds is 9. The standard InChI is InChI=1S/C13H25NO4/c1-5-6-7-8-10(15)13(14(2,3)4)11(16)9-12(17)18/h11,13,16H,5-9H2,1-4H3/p+1/i11D. The molecule has 2 unspecified atom stereocenters. The number of hydrogen-bond donors (Lipinski definition) is 2. The summed E-state index contributed by atoms with van der Waals surface area (Å²) in [5.41, 5.74) is 0. The maximum absolute atomic E-state index is 12.2. The number of nitrogens with zero attached hydrogens (tertiary/aromatic N) is 1. The van der Waals surface area contributed by atoms with Gasteiger partial charge in [0.05, 0.1) is 28.9 Å². The number of unbranched alkanes of at least 4 members (excludes halogenated alkanes) is 2. The van der Waals surface area contributed by atoms with Crippen LogP contribution in [0.4, 0.5) is 0 Å². The number of ketones is 1. The Balaban J connectivity index is 5.01. The number of aliphatic hydroxyl groups is 1. The molecule has 0 rings (SSSR count). The lowest BCUT2D eigenvalue weighted by Gasteiger charge is -2.35. The van der Waals surface area contributed by atoms with E-state index in [1.807, 2.05) is 6.92 Å². The van der Waals surface area contributed by atoms with Crippen LogP contribution in [0.25, 0.3) is 0 Å². The minimum atomic E-state index is -2.28. The van der Waals surface area contributed by atoms with Gasteiger partial charge in [-0.05, 0) is 6.42 Å². The zero-order valence-electron chi connectivity index (χ0n) is 12.8. The number of aliphatic carboxylic acids is 1. The van der Waals surface area contributed by atoms with Crippen molar-refractivity contribution in [3.63, 3.8) is 0 Å². The van der Waals surface area contributed by atoms with Crippen LogP contribution in [0, 0.1) is 0 Å². The molecular formula is C13H26NO4+. The van der Waals surface area contributed by atoms with Crippen LogP contribution in [0.5, 0.6) is 0 Å². The first-order chi connectivity index (χ1) is 8.52. The second-order valence-corrected chi connectivity index (χ2v) is 5.50. The van der Waals surface area contributed by atoms with E-state index in [-0.39, 0.29) is 16.7 Å². The van der Waals surface area contributed by atoms with E-state index < -0.39 is 24.5 Å². The summed E-state index contributed by atoms with van der Waals surface area (Å²) in [6.45, 7) is 2.02. The smallest absolute Gasteiger partial charge is 0.306 e. The van der Waals surface area contributed by atoms with E-state index in [9.17, 15) is 14.7 Å². The third-order valence-electron chi connectivity index (χ3n) is 2.75. The summed E-state index contributed by atoms with van der Waals surface area (Å²) in [4.78, 5) is 22.9. The first-order valence-corrected chi connectivity index (χ1v) is 6.30. The molecule has 0 radical (unpaired) electrons. The highest BCUT2D eigenvalue weighted by Gasteiger charge is 2.38. The van der Waals surface area contributed by atoms with Gasteiger partial charge in [0.25, 0.3) is 0 Å². The van der Waals surface area contributed by atoms with Gasteiger partial charge >= 0.3 is 5.97 Å². The van der Waals surface area contributed by atoms with Crippen molar-refractivity contribution in [2.75, 3.05) is 21.1 Å². The molecule has 0 aromatic rings. The molecular weight excluding hydrogens is 234 g/mol. The van der Waals surface area contributed by atoms with Crippen LogP contribution >= 0.6 is 0 Å². The summed E-state index contributed by atoms with van der Waals surface area (Å²) in [6.07, 6.45) is -0.183. The Labute approximate surface area is 110 Å². The molecule has 0 aromatic carbocycles. The fraction of sp³-hybridized carbons (Fsp3) is 0.846. The molecule has 0 spiro atoms.